The average Bonchev–Trinajstić information content (AvgIpc) is 2.72. The first kappa shape index (κ1) is 24.6. The van der Waals surface area contributed by atoms with Gasteiger partial charge in [0.05, 0.1) is 33.5 Å². The highest BCUT2D eigenvalue weighted by Crippen LogP contribution is 2.24. The van der Waals surface area contributed by atoms with E-state index in [1.807, 2.05) is 26.8 Å². The molecule has 3 aromatic rings. The standard InChI is InChI=1S/C23H25Cl2N3O3S/c1-14(2)31-10-4-9-28-22(30)17-7-6-16(24)12-20(17)27-23(28)32-13-21(29)26-19-8-5-15(3)11-18(19)25/h5-8,11-12,14H,4,9-10,13H2,1-3H3,(H,26,29). The van der Waals surface area contributed by atoms with Gasteiger partial charge >= 0.3 is 0 Å². The van der Waals surface area contributed by atoms with Crippen molar-refractivity contribution in [3.8, 4) is 0 Å². The van der Waals surface area contributed by atoms with E-state index in [1.54, 1.807) is 34.9 Å². The summed E-state index contributed by atoms with van der Waals surface area (Å²) >= 11 is 13.5. The second-order valence-electron chi connectivity index (χ2n) is 7.61. The van der Waals surface area contributed by atoms with Crippen LogP contribution in [0, 0.1) is 6.92 Å². The van der Waals surface area contributed by atoms with Crippen molar-refractivity contribution < 1.29 is 9.53 Å². The molecule has 0 aliphatic rings. The Bertz CT molecular complexity index is 1180. The number of hydrogen-bond donors (Lipinski definition) is 1. The third-order valence-corrected chi connectivity index (χ3v) is 6.11. The van der Waals surface area contributed by atoms with E-state index in [0.717, 1.165) is 5.56 Å². The van der Waals surface area contributed by atoms with E-state index in [1.165, 1.54) is 11.8 Å². The first-order valence-corrected chi connectivity index (χ1v) is 12.0. The van der Waals surface area contributed by atoms with Crippen LogP contribution < -0.4 is 10.9 Å². The van der Waals surface area contributed by atoms with Crippen molar-refractivity contribution in [2.45, 2.75) is 45.0 Å². The predicted molar refractivity (Wildman–Crippen MR) is 132 cm³/mol. The number of carbonyl (C=O) groups excluding carboxylic acids is 1. The first-order valence-electron chi connectivity index (χ1n) is 10.2. The summed E-state index contributed by atoms with van der Waals surface area (Å²) in [7, 11) is 0. The second-order valence-corrected chi connectivity index (χ2v) is 9.39. The van der Waals surface area contributed by atoms with Crippen LogP contribution in [-0.4, -0.2) is 33.9 Å². The Morgan fingerprint density at radius 2 is 2.00 bits per heavy atom. The summed E-state index contributed by atoms with van der Waals surface area (Å²) < 4.78 is 7.19. The molecule has 0 bridgehead atoms. The van der Waals surface area contributed by atoms with E-state index in [-0.39, 0.29) is 23.3 Å². The number of ether oxygens (including phenoxy) is 1. The fourth-order valence-corrected chi connectivity index (χ4v) is 4.33. The maximum absolute atomic E-state index is 13.1. The number of fused-ring (bicyclic) bond motifs is 1. The number of benzene rings is 2. The van der Waals surface area contributed by atoms with Crippen LogP contribution in [0.15, 0.2) is 46.3 Å². The number of anilines is 1. The molecule has 0 radical (unpaired) electrons. The molecular weight excluding hydrogens is 469 g/mol. The molecule has 0 aliphatic heterocycles. The zero-order chi connectivity index (χ0) is 23.3. The van der Waals surface area contributed by atoms with Gasteiger partial charge in [-0.25, -0.2) is 4.98 Å². The highest BCUT2D eigenvalue weighted by Gasteiger charge is 2.14. The molecule has 0 fully saturated rings. The Balaban J connectivity index is 1.80. The highest BCUT2D eigenvalue weighted by molar-refractivity contribution is 7.99. The third kappa shape index (κ3) is 6.48. The van der Waals surface area contributed by atoms with Crippen molar-refractivity contribution in [3.05, 3.63) is 62.4 Å². The number of thioether (sulfide) groups is 1. The van der Waals surface area contributed by atoms with Gasteiger partial charge in [-0.1, -0.05) is 41.0 Å². The maximum atomic E-state index is 13.1. The minimum atomic E-state index is -0.240. The Hall–Kier alpha value is -2.06. The zero-order valence-corrected chi connectivity index (χ0v) is 20.5. The predicted octanol–water partition coefficient (Wildman–Crippen LogP) is 5.56. The number of aryl methyl sites for hydroxylation is 1. The van der Waals surface area contributed by atoms with Crippen molar-refractivity contribution in [1.29, 1.82) is 0 Å². The molecule has 1 heterocycles. The maximum Gasteiger partial charge on any atom is 0.262 e. The van der Waals surface area contributed by atoms with Crippen LogP contribution in [0.25, 0.3) is 10.9 Å². The summed E-state index contributed by atoms with van der Waals surface area (Å²) in [4.78, 5) is 30.2. The molecule has 0 unspecified atom stereocenters. The van der Waals surface area contributed by atoms with Crippen molar-refractivity contribution in [2.75, 3.05) is 17.7 Å². The smallest absolute Gasteiger partial charge is 0.262 e. The highest BCUT2D eigenvalue weighted by atomic mass is 35.5. The summed E-state index contributed by atoms with van der Waals surface area (Å²) in [5.41, 5.74) is 1.89. The lowest BCUT2D eigenvalue weighted by molar-refractivity contribution is -0.113. The lowest BCUT2D eigenvalue weighted by Crippen LogP contribution is -2.25. The molecule has 0 atom stereocenters. The summed E-state index contributed by atoms with van der Waals surface area (Å²) in [5.74, 6) is -0.165. The molecule has 9 heteroatoms. The molecule has 3 rings (SSSR count). The lowest BCUT2D eigenvalue weighted by Gasteiger charge is -2.14. The minimum absolute atomic E-state index is 0.0746. The number of hydrogen-bond acceptors (Lipinski definition) is 5. The van der Waals surface area contributed by atoms with Gasteiger partial charge in [-0.05, 0) is 63.1 Å². The quantitative estimate of drug-likeness (QED) is 0.240. The SMILES string of the molecule is Cc1ccc(NC(=O)CSc2nc3cc(Cl)ccc3c(=O)n2CCCOC(C)C)c(Cl)c1. The van der Waals surface area contributed by atoms with Crippen molar-refractivity contribution in [3.63, 3.8) is 0 Å². The lowest BCUT2D eigenvalue weighted by atomic mass is 10.2. The van der Waals surface area contributed by atoms with Crippen LogP contribution in [0.5, 0.6) is 0 Å². The van der Waals surface area contributed by atoms with Gasteiger partial charge in [-0.15, -0.1) is 0 Å². The number of carbonyl (C=O) groups is 1. The van der Waals surface area contributed by atoms with Crippen LogP contribution in [0.2, 0.25) is 10.0 Å². The van der Waals surface area contributed by atoms with Crippen LogP contribution in [0.1, 0.15) is 25.8 Å². The monoisotopic (exact) mass is 493 g/mol. The second kappa shape index (κ2) is 11.2. The number of amides is 1. The number of halogens is 2. The number of nitrogens with one attached hydrogen (secondary N) is 1. The Morgan fingerprint density at radius 3 is 2.72 bits per heavy atom. The van der Waals surface area contributed by atoms with E-state index in [0.29, 0.717) is 51.4 Å². The van der Waals surface area contributed by atoms with E-state index < -0.39 is 0 Å². The largest absolute Gasteiger partial charge is 0.379 e. The molecule has 1 amide bonds. The molecule has 6 nitrogen and oxygen atoms in total. The number of nitrogens with zero attached hydrogens (tertiary/aromatic N) is 2. The minimum Gasteiger partial charge on any atom is -0.379 e. The van der Waals surface area contributed by atoms with E-state index >= 15 is 0 Å². The average molecular weight is 494 g/mol. The Kier molecular flexibility index (Phi) is 8.59. The molecule has 0 saturated heterocycles. The van der Waals surface area contributed by atoms with Gasteiger partial charge in [-0.2, -0.15) is 0 Å². The van der Waals surface area contributed by atoms with Crippen LogP contribution in [0.4, 0.5) is 5.69 Å². The molecular formula is C23H25Cl2N3O3S. The van der Waals surface area contributed by atoms with Gasteiger partial charge in [-0.3, -0.25) is 14.2 Å². The summed E-state index contributed by atoms with van der Waals surface area (Å²) in [6.07, 6.45) is 0.771. The molecule has 1 N–H and O–H groups in total. The summed E-state index contributed by atoms with van der Waals surface area (Å²) in [6.45, 7) is 6.82. The third-order valence-electron chi connectivity index (χ3n) is 4.59. The van der Waals surface area contributed by atoms with Crippen molar-refractivity contribution in [2.24, 2.45) is 0 Å². The van der Waals surface area contributed by atoms with Crippen LogP contribution in [0.3, 0.4) is 0 Å². The van der Waals surface area contributed by atoms with Crippen molar-refractivity contribution in [1.82, 2.24) is 9.55 Å². The Morgan fingerprint density at radius 1 is 1.22 bits per heavy atom. The molecule has 0 spiro atoms. The molecule has 1 aromatic heterocycles. The van der Waals surface area contributed by atoms with E-state index in [4.69, 9.17) is 27.9 Å². The van der Waals surface area contributed by atoms with Crippen LogP contribution >= 0.6 is 35.0 Å². The fraction of sp³-hybridized carbons (Fsp3) is 0.348. The molecule has 32 heavy (non-hydrogen) atoms. The molecule has 2 aromatic carbocycles. The summed E-state index contributed by atoms with van der Waals surface area (Å²) in [5, 5.41) is 4.72. The molecule has 0 aliphatic carbocycles. The normalized spacial score (nSPS) is 11.3. The van der Waals surface area contributed by atoms with Gasteiger partial charge in [0.2, 0.25) is 5.91 Å². The number of aromatic nitrogens is 2. The van der Waals surface area contributed by atoms with E-state index in [2.05, 4.69) is 10.3 Å². The number of rotatable bonds is 9. The van der Waals surface area contributed by atoms with Gasteiger partial charge in [0.15, 0.2) is 5.16 Å². The Labute approximate surface area is 201 Å². The zero-order valence-electron chi connectivity index (χ0n) is 18.2. The van der Waals surface area contributed by atoms with E-state index in [9.17, 15) is 9.59 Å². The van der Waals surface area contributed by atoms with Gasteiger partial charge in [0, 0.05) is 18.2 Å². The van der Waals surface area contributed by atoms with Gasteiger partial charge in [0.25, 0.3) is 5.56 Å². The first-order chi connectivity index (χ1) is 15.2. The molecule has 170 valence electrons. The summed E-state index contributed by atoms with van der Waals surface area (Å²) in [6, 6.07) is 10.4. The van der Waals surface area contributed by atoms with Gasteiger partial charge in [0.1, 0.15) is 0 Å². The van der Waals surface area contributed by atoms with Gasteiger partial charge < -0.3 is 10.1 Å². The fourth-order valence-electron chi connectivity index (χ4n) is 3.06. The topological polar surface area (TPSA) is 73.2 Å². The van der Waals surface area contributed by atoms with Crippen molar-refractivity contribution >= 4 is 57.5 Å². The van der Waals surface area contributed by atoms with Crippen LogP contribution in [-0.2, 0) is 16.1 Å². The molecule has 0 saturated carbocycles.